The summed E-state index contributed by atoms with van der Waals surface area (Å²) in [4.78, 5) is 13.5. The van der Waals surface area contributed by atoms with Crippen molar-refractivity contribution in [2.24, 2.45) is 0 Å². The summed E-state index contributed by atoms with van der Waals surface area (Å²) in [5.41, 5.74) is 1.05. The Morgan fingerprint density at radius 3 is 1.85 bits per heavy atom. The summed E-state index contributed by atoms with van der Waals surface area (Å²) in [6.07, 6.45) is 2.72. The van der Waals surface area contributed by atoms with E-state index >= 15 is 0 Å². The number of fused-ring (bicyclic) bond motifs is 1. The molecule has 3 heteroatoms. The third-order valence-corrected chi connectivity index (χ3v) is 10.7. The molecule has 0 radical (unpaired) electrons. The number of Topliss-reactive ketones (excluding diaryl/α,β-unsaturated/α-hetero) is 1. The summed E-state index contributed by atoms with van der Waals surface area (Å²) < 4.78 is 7.36. The summed E-state index contributed by atoms with van der Waals surface area (Å²) in [5, 5.41) is 3.58. The van der Waals surface area contributed by atoms with Crippen molar-refractivity contribution >= 4 is 29.7 Å². The average molecular weight is 447 g/mol. The zero-order chi connectivity index (χ0) is 22.7. The molecule has 1 aliphatic rings. The van der Waals surface area contributed by atoms with E-state index in [-0.39, 0.29) is 12.2 Å². The fraction of sp³-hybridized carbons (Fsp3) is 0.100. The van der Waals surface area contributed by atoms with E-state index in [1.54, 1.807) is 0 Å². The van der Waals surface area contributed by atoms with Crippen molar-refractivity contribution in [3.63, 3.8) is 0 Å². The monoisotopic (exact) mass is 446 g/mol. The molecule has 0 aromatic heterocycles. The topological polar surface area (TPSA) is 26.3 Å². The van der Waals surface area contributed by atoms with Crippen LogP contribution in [0.2, 0.25) is 0 Å². The number of benzene rings is 4. The molecular formula is C30H26O2Si. The van der Waals surface area contributed by atoms with Crippen LogP contribution in [-0.2, 0) is 10.0 Å². The van der Waals surface area contributed by atoms with Crippen molar-refractivity contribution in [3.05, 3.63) is 139 Å². The zero-order valence-electron chi connectivity index (χ0n) is 18.5. The van der Waals surface area contributed by atoms with E-state index in [1.807, 2.05) is 54.6 Å². The van der Waals surface area contributed by atoms with E-state index in [0.29, 0.717) is 12.0 Å². The molecule has 1 aliphatic heterocycles. The Labute approximate surface area is 196 Å². The average Bonchev–Trinajstić information content (AvgIpc) is 3.17. The van der Waals surface area contributed by atoms with E-state index in [9.17, 15) is 4.79 Å². The van der Waals surface area contributed by atoms with Crippen LogP contribution in [-0.4, -0.2) is 14.1 Å². The minimum absolute atomic E-state index is 0.0816. The van der Waals surface area contributed by atoms with Gasteiger partial charge in [0, 0.05) is 12.0 Å². The van der Waals surface area contributed by atoms with Crippen LogP contribution in [0.4, 0.5) is 0 Å². The van der Waals surface area contributed by atoms with Crippen LogP contribution in [0.15, 0.2) is 128 Å². The van der Waals surface area contributed by atoms with Gasteiger partial charge in [0.2, 0.25) is 0 Å². The van der Waals surface area contributed by atoms with Gasteiger partial charge < -0.3 is 4.43 Å². The summed E-state index contributed by atoms with van der Waals surface area (Å²) in [6.45, 7) is 4.04. The highest BCUT2D eigenvalue weighted by Gasteiger charge is 2.57. The Hall–Kier alpha value is -3.53. The summed E-state index contributed by atoms with van der Waals surface area (Å²) in [5.74, 6) is 0.0816. The van der Waals surface area contributed by atoms with Gasteiger partial charge in [0.25, 0.3) is 8.32 Å². The van der Waals surface area contributed by atoms with Crippen molar-refractivity contribution in [2.45, 2.75) is 18.4 Å². The van der Waals surface area contributed by atoms with Crippen LogP contribution in [0.5, 0.6) is 0 Å². The lowest BCUT2D eigenvalue weighted by molar-refractivity contribution is 0.0568. The number of ketones is 1. The van der Waals surface area contributed by atoms with Crippen LogP contribution in [0.1, 0.15) is 28.8 Å². The first-order chi connectivity index (χ1) is 16.2. The fourth-order valence-corrected chi connectivity index (χ4v) is 9.60. The fourth-order valence-electron chi connectivity index (χ4n) is 5.11. The standard InChI is InChI=1S/C30H26O2Si/c1-2-22-30(23-28(31)24-14-6-3-7-15-24)27-20-12-13-21-29(27)33(32-30,25-16-8-4-9-17-25)26-18-10-5-11-19-26/h2-21H,1,22-23H2. The van der Waals surface area contributed by atoms with Gasteiger partial charge in [-0.25, -0.2) is 0 Å². The van der Waals surface area contributed by atoms with Crippen molar-refractivity contribution in [1.29, 1.82) is 0 Å². The quantitative estimate of drug-likeness (QED) is 0.233. The van der Waals surface area contributed by atoms with E-state index in [0.717, 1.165) is 5.56 Å². The zero-order valence-corrected chi connectivity index (χ0v) is 19.5. The second kappa shape index (κ2) is 8.78. The van der Waals surface area contributed by atoms with Gasteiger partial charge in [0.1, 0.15) is 0 Å². The second-order valence-electron chi connectivity index (χ2n) is 8.51. The maximum Gasteiger partial charge on any atom is 0.289 e. The number of hydrogen-bond acceptors (Lipinski definition) is 2. The molecule has 4 aromatic rings. The van der Waals surface area contributed by atoms with Gasteiger partial charge in [-0.2, -0.15) is 0 Å². The van der Waals surface area contributed by atoms with Crippen LogP contribution in [0, 0.1) is 0 Å². The Kier molecular flexibility index (Phi) is 5.67. The number of carbonyl (C=O) groups is 1. The van der Waals surface area contributed by atoms with E-state index in [2.05, 4.69) is 73.3 Å². The smallest absolute Gasteiger partial charge is 0.289 e. The van der Waals surface area contributed by atoms with Gasteiger partial charge in [0.05, 0.1) is 5.60 Å². The summed E-state index contributed by atoms with van der Waals surface area (Å²) in [6, 6.07) is 39.0. The van der Waals surface area contributed by atoms with Crippen molar-refractivity contribution in [3.8, 4) is 0 Å². The SMILES string of the molecule is C=CCC1(CC(=O)c2ccccc2)O[Si](c2ccccc2)(c2ccccc2)c2ccccc21. The van der Waals surface area contributed by atoms with Crippen molar-refractivity contribution < 1.29 is 9.22 Å². The molecule has 0 saturated carbocycles. The molecule has 2 nitrogen and oxygen atoms in total. The lowest BCUT2D eigenvalue weighted by atomic mass is 9.84. The summed E-state index contributed by atoms with van der Waals surface area (Å²) >= 11 is 0. The molecule has 162 valence electrons. The lowest BCUT2D eigenvalue weighted by Gasteiger charge is -2.35. The van der Waals surface area contributed by atoms with Crippen molar-refractivity contribution in [1.82, 2.24) is 0 Å². The number of rotatable bonds is 7. The Bertz CT molecular complexity index is 1230. The molecule has 5 rings (SSSR count). The maximum atomic E-state index is 13.5. The lowest BCUT2D eigenvalue weighted by Crippen LogP contribution is -2.67. The molecule has 1 atom stereocenters. The first-order valence-corrected chi connectivity index (χ1v) is 13.2. The highest BCUT2D eigenvalue weighted by molar-refractivity contribution is 7.08. The van der Waals surface area contributed by atoms with Crippen LogP contribution < -0.4 is 15.6 Å². The Morgan fingerprint density at radius 2 is 1.27 bits per heavy atom. The minimum atomic E-state index is -2.85. The highest BCUT2D eigenvalue weighted by Crippen LogP contribution is 2.42. The van der Waals surface area contributed by atoms with Gasteiger partial charge in [-0.1, -0.05) is 121 Å². The molecule has 0 fully saturated rings. The van der Waals surface area contributed by atoms with Gasteiger partial charge >= 0.3 is 0 Å². The Morgan fingerprint density at radius 1 is 0.758 bits per heavy atom. The minimum Gasteiger partial charge on any atom is -0.393 e. The van der Waals surface area contributed by atoms with Crippen LogP contribution >= 0.6 is 0 Å². The number of carbonyl (C=O) groups excluding carboxylic acids is 1. The second-order valence-corrected chi connectivity index (χ2v) is 11.8. The maximum absolute atomic E-state index is 13.5. The van der Waals surface area contributed by atoms with E-state index < -0.39 is 13.9 Å². The number of hydrogen-bond donors (Lipinski definition) is 0. The normalized spacial score (nSPS) is 18.4. The van der Waals surface area contributed by atoms with Crippen molar-refractivity contribution in [2.75, 3.05) is 0 Å². The van der Waals surface area contributed by atoms with Gasteiger partial charge in [-0.05, 0) is 27.5 Å². The van der Waals surface area contributed by atoms with Gasteiger partial charge in [-0.3, -0.25) is 4.79 Å². The molecular weight excluding hydrogens is 420 g/mol. The van der Waals surface area contributed by atoms with Crippen LogP contribution in [0.25, 0.3) is 0 Å². The molecule has 4 aromatic carbocycles. The third-order valence-electron chi connectivity index (χ3n) is 6.52. The molecule has 0 aliphatic carbocycles. The molecule has 0 N–H and O–H groups in total. The molecule has 0 bridgehead atoms. The summed E-state index contributed by atoms with van der Waals surface area (Å²) in [7, 11) is -2.85. The third kappa shape index (κ3) is 3.60. The van der Waals surface area contributed by atoms with E-state index in [4.69, 9.17) is 4.43 Å². The predicted molar refractivity (Wildman–Crippen MR) is 137 cm³/mol. The molecule has 0 saturated heterocycles. The molecule has 33 heavy (non-hydrogen) atoms. The van der Waals surface area contributed by atoms with Crippen LogP contribution in [0.3, 0.4) is 0 Å². The van der Waals surface area contributed by atoms with Gasteiger partial charge in [-0.15, -0.1) is 6.58 Å². The molecule has 1 heterocycles. The predicted octanol–water partition coefficient (Wildman–Crippen LogP) is 4.73. The highest BCUT2D eigenvalue weighted by atomic mass is 28.4. The molecule has 1 unspecified atom stereocenters. The Balaban J connectivity index is 1.73. The van der Waals surface area contributed by atoms with E-state index in [1.165, 1.54) is 15.6 Å². The molecule has 0 amide bonds. The largest absolute Gasteiger partial charge is 0.393 e. The van der Waals surface area contributed by atoms with Gasteiger partial charge in [0.15, 0.2) is 5.78 Å². The molecule has 0 spiro atoms. The first-order valence-electron chi connectivity index (χ1n) is 11.3. The first kappa shape index (κ1) is 21.3.